The molecule has 4 rings (SSSR count). The van der Waals surface area contributed by atoms with Crippen LogP contribution in [0.1, 0.15) is 12.5 Å². The van der Waals surface area contributed by atoms with Gasteiger partial charge in [0.1, 0.15) is 6.54 Å². The molecule has 2 aliphatic heterocycles. The van der Waals surface area contributed by atoms with E-state index in [-0.39, 0.29) is 29.9 Å². The summed E-state index contributed by atoms with van der Waals surface area (Å²) in [5, 5.41) is 7.52. The van der Waals surface area contributed by atoms with Gasteiger partial charge in [0.25, 0.3) is 0 Å². The Kier molecular flexibility index (Phi) is 9.09. The van der Waals surface area contributed by atoms with Gasteiger partial charge in [-0.3, -0.25) is 9.48 Å². The molecule has 2 aliphatic rings. The minimum Gasteiger partial charge on any atom is -0.370 e. The van der Waals surface area contributed by atoms with E-state index in [4.69, 9.17) is 4.99 Å². The van der Waals surface area contributed by atoms with Crippen molar-refractivity contribution in [1.29, 1.82) is 0 Å². The topological polar surface area (TPSA) is 69.0 Å². The molecule has 0 aliphatic carbocycles. The van der Waals surface area contributed by atoms with Gasteiger partial charge < -0.3 is 20.0 Å². The fourth-order valence-electron chi connectivity index (χ4n) is 3.90. The summed E-state index contributed by atoms with van der Waals surface area (Å²) >= 11 is 2.02. The molecule has 8 nitrogen and oxygen atoms in total. The Morgan fingerprint density at radius 3 is 2.50 bits per heavy atom. The maximum Gasteiger partial charge on any atom is 0.246 e. The number of thioether (sulfide) groups is 1. The Labute approximate surface area is 211 Å². The van der Waals surface area contributed by atoms with Gasteiger partial charge in [-0.2, -0.15) is 16.9 Å². The third-order valence-corrected chi connectivity index (χ3v) is 6.52. The molecule has 1 N–H and O–H groups in total. The van der Waals surface area contributed by atoms with Gasteiger partial charge in [-0.15, -0.1) is 24.0 Å². The van der Waals surface area contributed by atoms with Crippen molar-refractivity contribution in [2.45, 2.75) is 13.5 Å². The van der Waals surface area contributed by atoms with Gasteiger partial charge >= 0.3 is 0 Å². The zero-order chi connectivity index (χ0) is 21.6. The smallest absolute Gasteiger partial charge is 0.246 e. The molecular formula is C22H32IN7OS. The quantitative estimate of drug-likeness (QED) is 0.339. The molecule has 32 heavy (non-hydrogen) atoms. The summed E-state index contributed by atoms with van der Waals surface area (Å²) in [6.07, 6.45) is 3.61. The minimum absolute atomic E-state index is 0. The molecule has 0 unspecified atom stereocenters. The largest absolute Gasteiger partial charge is 0.370 e. The van der Waals surface area contributed by atoms with E-state index < -0.39 is 0 Å². The molecule has 0 spiro atoms. The third-order valence-electron chi connectivity index (χ3n) is 5.58. The van der Waals surface area contributed by atoms with Crippen LogP contribution in [0.3, 0.4) is 0 Å². The Bertz CT molecular complexity index is 911. The lowest BCUT2D eigenvalue weighted by molar-refractivity contribution is -0.120. The summed E-state index contributed by atoms with van der Waals surface area (Å²) in [5.74, 6) is 3.25. The first-order chi connectivity index (χ1) is 15.1. The lowest BCUT2D eigenvalue weighted by atomic mass is 10.2. The highest BCUT2D eigenvalue weighted by Gasteiger charge is 2.27. The van der Waals surface area contributed by atoms with Crippen LogP contribution in [0.25, 0.3) is 0 Å². The number of guanidine groups is 1. The molecule has 1 aromatic heterocycles. The number of amides is 1. The summed E-state index contributed by atoms with van der Waals surface area (Å²) in [6.45, 7) is 7.31. The maximum absolute atomic E-state index is 12.7. The second kappa shape index (κ2) is 11.8. The summed E-state index contributed by atoms with van der Waals surface area (Å²) in [5.41, 5.74) is 3.31. The van der Waals surface area contributed by atoms with E-state index in [0.29, 0.717) is 19.6 Å². The van der Waals surface area contributed by atoms with E-state index in [2.05, 4.69) is 46.5 Å². The number of hydrogen-bond acceptors (Lipinski definition) is 5. The molecule has 0 atom stereocenters. The predicted molar refractivity (Wildman–Crippen MR) is 143 cm³/mol. The monoisotopic (exact) mass is 569 g/mol. The van der Waals surface area contributed by atoms with Gasteiger partial charge in [0.15, 0.2) is 5.96 Å². The zero-order valence-electron chi connectivity index (χ0n) is 18.7. The lowest BCUT2D eigenvalue weighted by Crippen LogP contribution is -2.55. The number of anilines is 2. The van der Waals surface area contributed by atoms with Crippen molar-refractivity contribution in [3.05, 3.63) is 42.2 Å². The van der Waals surface area contributed by atoms with Gasteiger partial charge in [0, 0.05) is 63.2 Å². The summed E-state index contributed by atoms with van der Waals surface area (Å²) in [7, 11) is 1.86. The lowest BCUT2D eigenvalue weighted by Gasteiger charge is -2.35. The van der Waals surface area contributed by atoms with Crippen molar-refractivity contribution in [3.8, 4) is 0 Å². The van der Waals surface area contributed by atoms with E-state index in [1.807, 2.05) is 29.9 Å². The fourth-order valence-corrected chi connectivity index (χ4v) is 4.80. The van der Waals surface area contributed by atoms with Crippen LogP contribution in [-0.2, 0) is 18.4 Å². The molecular weight excluding hydrogens is 537 g/mol. The number of nitrogens with one attached hydrogen (secondary N) is 1. The molecule has 2 fully saturated rings. The number of carbonyl (C=O) groups is 1. The zero-order valence-corrected chi connectivity index (χ0v) is 21.9. The van der Waals surface area contributed by atoms with Crippen molar-refractivity contribution < 1.29 is 4.79 Å². The normalized spacial score (nSPS) is 17.4. The molecule has 3 heterocycles. The SMILES string of the molecule is CCNC(=NCc1ccc(N2CCSCC2)cc1)N1CCN(c2cnn(C)c2)C(=O)C1.I. The number of aliphatic imine (C=N–C) groups is 1. The molecule has 1 amide bonds. The minimum atomic E-state index is 0. The average Bonchev–Trinajstić information content (AvgIpc) is 3.23. The fraction of sp³-hybridized carbons (Fsp3) is 0.500. The summed E-state index contributed by atoms with van der Waals surface area (Å²) in [4.78, 5) is 23.8. The Hall–Kier alpha value is -1.95. The molecule has 1 aromatic carbocycles. The van der Waals surface area contributed by atoms with Crippen LogP contribution in [0.2, 0.25) is 0 Å². The van der Waals surface area contributed by atoms with Gasteiger partial charge in [0.05, 0.1) is 18.4 Å². The number of aryl methyl sites for hydroxylation is 1. The van der Waals surface area contributed by atoms with Gasteiger partial charge in [-0.1, -0.05) is 12.1 Å². The number of benzene rings is 1. The first-order valence-corrected chi connectivity index (χ1v) is 12.0. The Morgan fingerprint density at radius 1 is 1.12 bits per heavy atom. The summed E-state index contributed by atoms with van der Waals surface area (Å²) in [6, 6.07) is 8.72. The maximum atomic E-state index is 12.7. The number of piperazine rings is 1. The van der Waals surface area contributed by atoms with E-state index in [0.717, 1.165) is 37.8 Å². The van der Waals surface area contributed by atoms with Gasteiger partial charge in [-0.05, 0) is 24.6 Å². The highest BCUT2D eigenvalue weighted by Crippen LogP contribution is 2.20. The van der Waals surface area contributed by atoms with Crippen LogP contribution in [0.5, 0.6) is 0 Å². The van der Waals surface area contributed by atoms with Crippen LogP contribution in [0, 0.1) is 0 Å². The molecule has 2 aromatic rings. The van der Waals surface area contributed by atoms with Crippen molar-refractivity contribution in [2.75, 3.05) is 60.6 Å². The van der Waals surface area contributed by atoms with E-state index >= 15 is 0 Å². The van der Waals surface area contributed by atoms with E-state index in [1.54, 1.807) is 15.8 Å². The van der Waals surface area contributed by atoms with E-state index in [9.17, 15) is 4.79 Å². The van der Waals surface area contributed by atoms with Crippen LogP contribution in [0.15, 0.2) is 41.7 Å². The van der Waals surface area contributed by atoms with Crippen molar-refractivity contribution in [2.24, 2.45) is 12.0 Å². The van der Waals surface area contributed by atoms with Crippen LogP contribution in [-0.4, -0.2) is 77.3 Å². The number of halogens is 1. The van der Waals surface area contributed by atoms with Crippen LogP contribution >= 0.6 is 35.7 Å². The van der Waals surface area contributed by atoms with Crippen LogP contribution in [0.4, 0.5) is 11.4 Å². The van der Waals surface area contributed by atoms with Crippen molar-refractivity contribution >= 4 is 59.0 Å². The van der Waals surface area contributed by atoms with Gasteiger partial charge in [-0.25, -0.2) is 4.99 Å². The average molecular weight is 570 g/mol. The van der Waals surface area contributed by atoms with Gasteiger partial charge in [0.2, 0.25) is 5.91 Å². The third kappa shape index (κ3) is 6.09. The summed E-state index contributed by atoms with van der Waals surface area (Å²) < 4.78 is 1.72. The second-order valence-electron chi connectivity index (χ2n) is 7.78. The molecule has 2 saturated heterocycles. The molecule has 174 valence electrons. The predicted octanol–water partition coefficient (Wildman–Crippen LogP) is 2.41. The Morgan fingerprint density at radius 2 is 1.88 bits per heavy atom. The number of carbonyl (C=O) groups excluding carboxylic acids is 1. The molecule has 10 heteroatoms. The molecule has 0 radical (unpaired) electrons. The highest BCUT2D eigenvalue weighted by atomic mass is 127. The van der Waals surface area contributed by atoms with Crippen molar-refractivity contribution in [1.82, 2.24) is 20.0 Å². The second-order valence-corrected chi connectivity index (χ2v) is 9.00. The standard InChI is InChI=1S/C22H31N7OS.HI/c1-3-23-22(28-8-9-29(21(30)17-28)20-15-25-26(2)16-20)24-14-18-4-6-19(7-5-18)27-10-12-31-13-11-27;/h4-7,15-16H,3,8-14,17H2,1-2H3,(H,23,24);1H. The van der Waals surface area contributed by atoms with Crippen LogP contribution < -0.4 is 15.1 Å². The number of rotatable bonds is 5. The molecule has 0 bridgehead atoms. The van der Waals surface area contributed by atoms with E-state index in [1.165, 1.54) is 22.8 Å². The number of hydrogen-bond donors (Lipinski definition) is 1. The van der Waals surface area contributed by atoms with Crippen molar-refractivity contribution in [3.63, 3.8) is 0 Å². The number of aromatic nitrogens is 2. The number of nitrogens with zero attached hydrogens (tertiary/aromatic N) is 6. The highest BCUT2D eigenvalue weighted by molar-refractivity contribution is 14.0. The Balaban J connectivity index is 0.00000289. The molecule has 0 saturated carbocycles. The first-order valence-electron chi connectivity index (χ1n) is 10.9. The first kappa shape index (κ1) is 24.7.